The number of aliphatic carboxylic acids is 1. The molecule has 3 rings (SSSR count). The Morgan fingerprint density at radius 3 is 2.32 bits per heavy atom. The highest BCUT2D eigenvalue weighted by Crippen LogP contribution is 2.26. The smallest absolute Gasteiger partial charge is 0.303 e. The molecule has 0 amide bonds. The van der Waals surface area contributed by atoms with Gasteiger partial charge in [-0.15, -0.1) is 12.4 Å². The lowest BCUT2D eigenvalue weighted by molar-refractivity contribution is -0.137. The molecule has 28 heavy (non-hydrogen) atoms. The standard InChI is InChI=1S/C21H24ClNO4.ClH/c22-16-5-7-19(8-6-16)27-20-11-9-18(10-12-20)26-15-17-3-1-13-23(17)14-2-4-21(24)25;/h5-12,17H,1-4,13-15H2,(H,24,25);1H/t17-;/m1./s1. The Bertz CT molecular complexity index is 737. The van der Waals surface area contributed by atoms with Gasteiger partial charge in [0.2, 0.25) is 0 Å². The second kappa shape index (κ2) is 11.1. The normalized spacial score (nSPS) is 16.4. The quantitative estimate of drug-likeness (QED) is 0.593. The molecule has 0 radical (unpaired) electrons. The van der Waals surface area contributed by atoms with E-state index >= 15 is 0 Å². The molecule has 0 saturated carbocycles. The topological polar surface area (TPSA) is 59.0 Å². The van der Waals surface area contributed by atoms with Gasteiger partial charge in [0, 0.05) is 17.5 Å². The Morgan fingerprint density at radius 1 is 1.07 bits per heavy atom. The molecule has 2 aromatic rings. The Hall–Kier alpha value is -1.95. The predicted octanol–water partition coefficient (Wildman–Crippen LogP) is 5.26. The minimum Gasteiger partial charge on any atom is -0.492 e. The molecule has 152 valence electrons. The van der Waals surface area contributed by atoms with E-state index in [1.54, 1.807) is 12.1 Å². The van der Waals surface area contributed by atoms with Crippen molar-refractivity contribution in [2.45, 2.75) is 31.7 Å². The summed E-state index contributed by atoms with van der Waals surface area (Å²) in [6.45, 7) is 2.44. The molecule has 1 atom stereocenters. The van der Waals surface area contributed by atoms with E-state index in [1.807, 2.05) is 36.4 Å². The molecule has 7 heteroatoms. The Kier molecular flexibility index (Phi) is 8.90. The lowest BCUT2D eigenvalue weighted by atomic mass is 10.2. The van der Waals surface area contributed by atoms with Crippen LogP contribution in [0, 0.1) is 0 Å². The number of benzene rings is 2. The number of carboxylic acid groups (broad SMARTS) is 1. The summed E-state index contributed by atoms with van der Waals surface area (Å²) >= 11 is 5.87. The van der Waals surface area contributed by atoms with Gasteiger partial charge < -0.3 is 14.6 Å². The van der Waals surface area contributed by atoms with E-state index in [9.17, 15) is 4.79 Å². The Morgan fingerprint density at radius 2 is 1.68 bits per heavy atom. The molecule has 1 heterocycles. The van der Waals surface area contributed by atoms with Gasteiger partial charge in [0.1, 0.15) is 23.9 Å². The molecule has 0 aliphatic carbocycles. The van der Waals surface area contributed by atoms with Crippen LogP contribution in [0.5, 0.6) is 17.2 Å². The van der Waals surface area contributed by atoms with Crippen molar-refractivity contribution in [1.29, 1.82) is 0 Å². The van der Waals surface area contributed by atoms with Crippen molar-refractivity contribution in [3.63, 3.8) is 0 Å². The van der Waals surface area contributed by atoms with Crippen LogP contribution in [-0.4, -0.2) is 41.7 Å². The van der Waals surface area contributed by atoms with Crippen LogP contribution < -0.4 is 9.47 Å². The third kappa shape index (κ3) is 6.89. The van der Waals surface area contributed by atoms with Gasteiger partial charge in [-0.2, -0.15) is 0 Å². The first-order valence-electron chi connectivity index (χ1n) is 9.22. The maximum Gasteiger partial charge on any atom is 0.303 e. The van der Waals surface area contributed by atoms with E-state index in [0.717, 1.165) is 43.2 Å². The van der Waals surface area contributed by atoms with Gasteiger partial charge in [-0.25, -0.2) is 0 Å². The number of carbonyl (C=O) groups is 1. The molecular weight excluding hydrogens is 401 g/mol. The summed E-state index contributed by atoms with van der Waals surface area (Å²) < 4.78 is 11.7. The number of likely N-dealkylation sites (tertiary alicyclic amines) is 1. The Balaban J connectivity index is 0.00000280. The SMILES string of the molecule is Cl.O=C(O)CCCN1CCC[C@@H]1COc1ccc(Oc2ccc(Cl)cc2)cc1. The molecule has 1 aliphatic rings. The first kappa shape index (κ1) is 22.3. The highest BCUT2D eigenvalue weighted by atomic mass is 35.5. The fourth-order valence-electron chi connectivity index (χ4n) is 3.25. The lowest BCUT2D eigenvalue weighted by Gasteiger charge is -2.24. The van der Waals surface area contributed by atoms with Crippen LogP contribution >= 0.6 is 24.0 Å². The summed E-state index contributed by atoms with van der Waals surface area (Å²) in [4.78, 5) is 13.0. The second-order valence-electron chi connectivity index (χ2n) is 6.67. The lowest BCUT2D eigenvalue weighted by Crippen LogP contribution is -2.35. The van der Waals surface area contributed by atoms with Gasteiger partial charge in [0.05, 0.1) is 0 Å². The molecule has 1 N–H and O–H groups in total. The minimum absolute atomic E-state index is 0. The van der Waals surface area contributed by atoms with Crippen molar-refractivity contribution in [2.75, 3.05) is 19.7 Å². The predicted molar refractivity (Wildman–Crippen MR) is 112 cm³/mol. The number of carboxylic acids is 1. The number of ether oxygens (including phenoxy) is 2. The van der Waals surface area contributed by atoms with Gasteiger partial charge in [0.15, 0.2) is 0 Å². The summed E-state index contributed by atoms with van der Waals surface area (Å²) in [5, 5.41) is 9.45. The van der Waals surface area contributed by atoms with Gasteiger partial charge in [0.25, 0.3) is 0 Å². The average molecular weight is 426 g/mol. The van der Waals surface area contributed by atoms with E-state index in [0.29, 0.717) is 24.1 Å². The third-order valence-electron chi connectivity index (χ3n) is 4.65. The highest BCUT2D eigenvalue weighted by molar-refractivity contribution is 6.30. The number of hydrogen-bond acceptors (Lipinski definition) is 4. The molecule has 2 aromatic carbocycles. The summed E-state index contributed by atoms with van der Waals surface area (Å²) in [5.41, 5.74) is 0. The Labute approximate surface area is 176 Å². The summed E-state index contributed by atoms with van der Waals surface area (Å²) in [6, 6.07) is 15.1. The number of rotatable bonds is 9. The monoisotopic (exact) mass is 425 g/mol. The van der Waals surface area contributed by atoms with Crippen LogP contribution in [0.4, 0.5) is 0 Å². The first-order valence-corrected chi connectivity index (χ1v) is 9.60. The first-order chi connectivity index (χ1) is 13.1. The molecule has 0 aromatic heterocycles. The van der Waals surface area contributed by atoms with Gasteiger partial charge in [-0.3, -0.25) is 9.69 Å². The summed E-state index contributed by atoms with van der Waals surface area (Å²) in [7, 11) is 0. The maximum atomic E-state index is 10.7. The van der Waals surface area contributed by atoms with Crippen LogP contribution in [0.1, 0.15) is 25.7 Å². The molecule has 0 bridgehead atoms. The van der Waals surface area contributed by atoms with Crippen molar-refractivity contribution in [1.82, 2.24) is 4.90 Å². The molecule has 0 unspecified atom stereocenters. The second-order valence-corrected chi connectivity index (χ2v) is 7.10. The number of halogens is 2. The van der Waals surface area contributed by atoms with Crippen LogP contribution in [0.2, 0.25) is 5.02 Å². The zero-order valence-electron chi connectivity index (χ0n) is 15.6. The molecular formula is C21H25Cl2NO4. The van der Waals surface area contributed by atoms with E-state index in [1.165, 1.54) is 0 Å². The summed E-state index contributed by atoms with van der Waals surface area (Å²) in [5.74, 6) is 1.54. The molecule has 1 saturated heterocycles. The highest BCUT2D eigenvalue weighted by Gasteiger charge is 2.24. The van der Waals surface area contributed by atoms with Gasteiger partial charge in [-0.1, -0.05) is 11.6 Å². The van der Waals surface area contributed by atoms with E-state index in [4.69, 9.17) is 26.2 Å². The zero-order valence-corrected chi connectivity index (χ0v) is 17.1. The maximum absolute atomic E-state index is 10.7. The molecule has 0 spiro atoms. The molecule has 1 aliphatic heterocycles. The largest absolute Gasteiger partial charge is 0.492 e. The fourth-order valence-corrected chi connectivity index (χ4v) is 3.37. The van der Waals surface area contributed by atoms with Crippen molar-refractivity contribution >= 4 is 30.0 Å². The van der Waals surface area contributed by atoms with E-state index < -0.39 is 5.97 Å². The van der Waals surface area contributed by atoms with Crippen molar-refractivity contribution < 1.29 is 19.4 Å². The number of nitrogens with zero attached hydrogens (tertiary/aromatic N) is 1. The zero-order chi connectivity index (χ0) is 19.1. The van der Waals surface area contributed by atoms with Gasteiger partial charge >= 0.3 is 5.97 Å². The molecule has 5 nitrogen and oxygen atoms in total. The molecule has 1 fully saturated rings. The average Bonchev–Trinajstić information content (AvgIpc) is 3.10. The summed E-state index contributed by atoms with van der Waals surface area (Å²) in [6.07, 6.45) is 3.13. The van der Waals surface area contributed by atoms with E-state index in [2.05, 4.69) is 4.90 Å². The van der Waals surface area contributed by atoms with Gasteiger partial charge in [-0.05, 0) is 80.9 Å². The fraction of sp³-hybridized carbons (Fsp3) is 0.381. The third-order valence-corrected chi connectivity index (χ3v) is 4.90. The van der Waals surface area contributed by atoms with Crippen LogP contribution in [0.25, 0.3) is 0 Å². The van der Waals surface area contributed by atoms with Crippen LogP contribution in [0.15, 0.2) is 48.5 Å². The van der Waals surface area contributed by atoms with Crippen molar-refractivity contribution in [3.8, 4) is 17.2 Å². The van der Waals surface area contributed by atoms with Crippen LogP contribution in [0.3, 0.4) is 0 Å². The van der Waals surface area contributed by atoms with Crippen molar-refractivity contribution in [2.24, 2.45) is 0 Å². The van der Waals surface area contributed by atoms with Crippen molar-refractivity contribution in [3.05, 3.63) is 53.6 Å². The number of hydrogen-bond donors (Lipinski definition) is 1. The van der Waals surface area contributed by atoms with E-state index in [-0.39, 0.29) is 18.8 Å². The minimum atomic E-state index is -0.733. The van der Waals surface area contributed by atoms with Crippen LogP contribution in [-0.2, 0) is 4.79 Å².